The molecule has 13 rings (SSSR count). The van der Waals surface area contributed by atoms with Crippen molar-refractivity contribution in [1.29, 1.82) is 0 Å². The SMILES string of the molecule is CC1(C)Cn2c(C(=O)C(F)(F)F)ccc2C2(CCN(C(=O)c3ccc(S(=O)(=O)NC4CC4)cc3)CC2)N1.CN1CCn2c(C(F)(F)F)ccc2C12CCN(C(=O)c1ccc(S(=O)(=O)C(C)(C)C)cc1)CC2.COc1cc(C(=O)N2CCC3(CC2)c2ccc(C(F)(F)F)n2CCN3C)ccc1OC(C)C.[HH].[HH]. The quantitative estimate of drug-likeness (QED) is 0.0914. The molecular weight excluding hydrogens is 1410 g/mol. The van der Waals surface area contributed by atoms with Crippen LogP contribution >= 0.6 is 0 Å². The summed E-state index contributed by atoms with van der Waals surface area (Å²) in [5.74, 6) is -1.37. The van der Waals surface area contributed by atoms with Gasteiger partial charge in [-0.3, -0.25) is 34.3 Å². The minimum atomic E-state index is -4.96. The normalized spacial score (nSPS) is 19.7. The molecule has 31 heteroatoms. The number of carbonyl (C=O) groups is 4. The molecule has 3 aromatic carbocycles. The summed E-state index contributed by atoms with van der Waals surface area (Å²) in [5.41, 5.74) is -0.715. The Hall–Kier alpha value is -7.71. The van der Waals surface area contributed by atoms with Crippen LogP contribution in [0.4, 0.5) is 39.5 Å². The van der Waals surface area contributed by atoms with E-state index in [1.54, 1.807) is 71.9 Å². The second kappa shape index (κ2) is 28.2. The Labute approximate surface area is 602 Å². The maximum atomic E-state index is 13.5. The molecule has 0 atom stereocenters. The number of amides is 3. The van der Waals surface area contributed by atoms with Crippen LogP contribution in [0.15, 0.2) is 113 Å². The summed E-state index contributed by atoms with van der Waals surface area (Å²) in [4.78, 5) is 61.2. The van der Waals surface area contributed by atoms with Gasteiger partial charge in [0.1, 0.15) is 11.4 Å². The van der Waals surface area contributed by atoms with Gasteiger partial charge in [0.15, 0.2) is 21.3 Å². The maximum absolute atomic E-state index is 13.5. The fraction of sp³-hybridized carbons (Fsp3) is 0.534. The first kappa shape index (κ1) is 77.4. The number of halogens is 9. The largest absolute Gasteiger partial charge is 0.493 e. The lowest BCUT2D eigenvalue weighted by Crippen LogP contribution is -2.63. The number of benzene rings is 3. The standard InChI is InChI=1S/C25H29F3N4O4S.C24H30F3N3O3S.C24H30F3N3O3.2H2/c1-23(2)15-32-19(21(33)25(26,27)28)9-10-20(32)24(30-23)11-13-31(14-12-24)22(34)16-3-7-18(8-4-16)37(35,36)29-17-5-6-17;1-22(2,3)34(32,33)18-7-5-17(6-8-18)21(31)29-13-11-23(12-14-29)19-9-10-20(24(25,26)27)30(19)16-15-28(23)4;1-16(2)33-18-6-5-17(15-19(18)32-4)22(31)29-11-9-23(10-12-29)20-7-8-21(24(25,26)27)30(20)14-13-28(23)3;;/h3-4,7-10,17,29-30H,5-6,11-15H2,1-2H3;5-10H,11-16H2,1-4H3;5-8,15-16H,9-14H2,1-4H3;2*1H. The first-order chi connectivity index (χ1) is 48.5. The van der Waals surface area contributed by atoms with Gasteiger partial charge in [-0.25, -0.2) is 21.6 Å². The molecule has 6 aromatic rings. The molecule has 4 fully saturated rings. The van der Waals surface area contributed by atoms with Crippen LogP contribution in [-0.2, 0) is 68.5 Å². The van der Waals surface area contributed by atoms with Crippen LogP contribution in [-0.4, -0.2) is 181 Å². The highest BCUT2D eigenvalue weighted by Crippen LogP contribution is 2.48. The second-order valence-electron chi connectivity index (χ2n) is 30.0. The number of sulfonamides is 1. The van der Waals surface area contributed by atoms with Gasteiger partial charge in [-0.2, -0.15) is 39.5 Å². The average molecular weight is 1510 g/mol. The molecule has 2 N–H and O–H groups in total. The molecule has 3 spiro atoms. The number of nitrogens with one attached hydrogen (secondary N) is 2. The fourth-order valence-corrected chi connectivity index (χ4v) is 18.1. The van der Waals surface area contributed by atoms with Crippen LogP contribution in [0.5, 0.6) is 11.5 Å². The first-order valence-electron chi connectivity index (χ1n) is 34.7. The molecule has 0 unspecified atom stereocenters. The van der Waals surface area contributed by atoms with Crippen molar-refractivity contribution >= 4 is 43.4 Å². The van der Waals surface area contributed by atoms with E-state index in [4.69, 9.17) is 9.47 Å². The summed E-state index contributed by atoms with van der Waals surface area (Å²) >= 11 is 0. The van der Waals surface area contributed by atoms with E-state index >= 15 is 0 Å². The molecule has 3 saturated heterocycles. The van der Waals surface area contributed by atoms with Crippen LogP contribution in [0.3, 0.4) is 0 Å². The van der Waals surface area contributed by atoms with Crippen molar-refractivity contribution in [3.05, 3.63) is 154 Å². The zero-order valence-electron chi connectivity index (χ0n) is 59.8. The number of hydrogen-bond donors (Lipinski definition) is 2. The average Bonchev–Trinajstić information content (AvgIpc) is 1.56. The molecule has 6 aliphatic heterocycles. The highest BCUT2D eigenvalue weighted by Gasteiger charge is 2.52. The smallest absolute Gasteiger partial charge is 0.456 e. The van der Waals surface area contributed by atoms with Gasteiger partial charge in [0.05, 0.1) is 50.1 Å². The highest BCUT2D eigenvalue weighted by molar-refractivity contribution is 7.92. The van der Waals surface area contributed by atoms with E-state index < -0.39 is 82.5 Å². The van der Waals surface area contributed by atoms with Crippen LogP contribution in [0.2, 0.25) is 0 Å². The van der Waals surface area contributed by atoms with Crippen LogP contribution in [0.1, 0.15) is 173 Å². The van der Waals surface area contributed by atoms with Crippen molar-refractivity contribution in [2.45, 2.75) is 187 Å². The number of piperidine rings is 3. The molecule has 104 heavy (non-hydrogen) atoms. The predicted molar refractivity (Wildman–Crippen MR) is 373 cm³/mol. The first-order valence-corrected chi connectivity index (χ1v) is 37.7. The molecule has 7 aliphatic rings. The third-order valence-electron chi connectivity index (χ3n) is 21.3. The number of ketones is 1. The van der Waals surface area contributed by atoms with Crippen molar-refractivity contribution in [1.82, 2.24) is 48.2 Å². The van der Waals surface area contributed by atoms with Gasteiger partial charge in [0, 0.05) is 120 Å². The van der Waals surface area contributed by atoms with E-state index in [1.165, 1.54) is 81.5 Å². The molecule has 3 amide bonds. The number of rotatable bonds is 11. The Kier molecular flexibility index (Phi) is 21.0. The number of aromatic nitrogens is 3. The van der Waals surface area contributed by atoms with Crippen molar-refractivity contribution in [3.63, 3.8) is 0 Å². The Morgan fingerprint density at radius 3 is 1.38 bits per heavy atom. The fourth-order valence-electron chi connectivity index (χ4n) is 15.6. The Morgan fingerprint density at radius 1 is 0.538 bits per heavy atom. The molecular formula is C73H93F9N10O10S2. The maximum Gasteiger partial charge on any atom is 0.456 e. The summed E-state index contributed by atoms with van der Waals surface area (Å²) in [6, 6.07) is 25.2. The number of hydrogen-bond acceptors (Lipinski definition) is 13. The lowest BCUT2D eigenvalue weighted by atomic mass is 9.79. The second-order valence-corrected chi connectivity index (χ2v) is 34.4. The van der Waals surface area contributed by atoms with Gasteiger partial charge in [-0.15, -0.1) is 0 Å². The molecule has 0 radical (unpaired) electrons. The number of likely N-dealkylation sites (tertiary alicyclic amines) is 3. The molecule has 570 valence electrons. The van der Waals surface area contributed by atoms with Crippen LogP contribution < -0.4 is 19.5 Å². The van der Waals surface area contributed by atoms with Gasteiger partial charge in [0.25, 0.3) is 23.5 Å². The minimum Gasteiger partial charge on any atom is -0.493 e. The van der Waals surface area contributed by atoms with Crippen LogP contribution in [0.25, 0.3) is 0 Å². The number of fused-ring (bicyclic) bond motifs is 6. The summed E-state index contributed by atoms with van der Waals surface area (Å²) in [6.45, 7) is 16.7. The minimum absolute atomic E-state index is 0. The lowest BCUT2D eigenvalue weighted by Gasteiger charge is -2.51. The van der Waals surface area contributed by atoms with Gasteiger partial charge in [0.2, 0.25) is 10.0 Å². The molecule has 0 bridgehead atoms. The summed E-state index contributed by atoms with van der Waals surface area (Å²) < 4.78 is 187. The van der Waals surface area contributed by atoms with E-state index in [0.29, 0.717) is 143 Å². The summed E-state index contributed by atoms with van der Waals surface area (Å²) in [5, 5.41) is 3.57. The summed E-state index contributed by atoms with van der Waals surface area (Å²) in [7, 11) is -1.72. The van der Waals surface area contributed by atoms with Crippen molar-refractivity contribution in [2.24, 2.45) is 0 Å². The monoisotopic (exact) mass is 1500 g/mol. The number of ether oxygens (including phenoxy) is 2. The third kappa shape index (κ3) is 15.2. The zero-order valence-corrected chi connectivity index (χ0v) is 61.4. The van der Waals surface area contributed by atoms with Gasteiger partial charge in [-0.05, 0) is 217 Å². The summed E-state index contributed by atoms with van der Waals surface area (Å²) in [6.07, 6.45) is -9.04. The van der Waals surface area contributed by atoms with E-state index in [0.717, 1.165) is 18.9 Å². The van der Waals surface area contributed by atoms with E-state index in [9.17, 15) is 75.5 Å². The molecule has 3 aromatic heterocycles. The van der Waals surface area contributed by atoms with E-state index in [2.05, 4.69) is 19.8 Å². The Bertz CT molecular complexity index is 4450. The topological polar surface area (TPSA) is 210 Å². The number of likely N-dealkylation sites (N-methyl/N-ethyl adjacent to an activating group) is 2. The number of nitrogens with zero attached hydrogens (tertiary/aromatic N) is 8. The van der Waals surface area contributed by atoms with E-state index in [1.807, 2.05) is 41.8 Å². The molecule has 9 heterocycles. The number of sulfone groups is 1. The number of Topliss-reactive ketones (excluding diaryl/α,β-unsaturated/α-hetero) is 1. The number of carbonyl (C=O) groups excluding carboxylic acids is 4. The zero-order chi connectivity index (χ0) is 75.9. The van der Waals surface area contributed by atoms with Gasteiger partial charge in [-0.1, -0.05) is 0 Å². The van der Waals surface area contributed by atoms with Crippen LogP contribution in [0, 0.1) is 0 Å². The third-order valence-corrected chi connectivity index (χ3v) is 25.4. The molecule has 1 aliphatic carbocycles. The highest BCUT2D eigenvalue weighted by atomic mass is 32.2. The number of alkyl halides is 9. The Morgan fingerprint density at radius 2 is 0.962 bits per heavy atom. The van der Waals surface area contributed by atoms with Crippen molar-refractivity contribution in [3.8, 4) is 11.5 Å². The predicted octanol–water partition coefficient (Wildman–Crippen LogP) is 12.2. The van der Waals surface area contributed by atoms with Gasteiger partial charge >= 0.3 is 18.5 Å². The number of methoxy groups -OCH3 is 1. The Balaban J connectivity index is 0.000000183. The lowest BCUT2D eigenvalue weighted by molar-refractivity contribution is -0.145. The van der Waals surface area contributed by atoms with Crippen molar-refractivity contribution < 1.29 is 87.9 Å². The van der Waals surface area contributed by atoms with Crippen molar-refractivity contribution in [2.75, 3.05) is 73.6 Å². The van der Waals surface area contributed by atoms with E-state index in [-0.39, 0.29) is 61.3 Å². The molecule has 1 saturated carbocycles. The van der Waals surface area contributed by atoms with Gasteiger partial charge < -0.3 is 37.9 Å². The molecule has 20 nitrogen and oxygen atoms in total.